The van der Waals surface area contributed by atoms with Crippen LogP contribution in [-0.4, -0.2) is 10.9 Å². The topological polar surface area (TPSA) is 65.8 Å². The summed E-state index contributed by atoms with van der Waals surface area (Å²) in [6.07, 6.45) is 0. The van der Waals surface area contributed by atoms with Gasteiger partial charge in [0.1, 0.15) is 17.6 Å². The highest BCUT2D eigenvalue weighted by Crippen LogP contribution is 2.25. The molecule has 20 heavy (non-hydrogen) atoms. The smallest absolute Gasteiger partial charge is 0.258 e. The van der Waals surface area contributed by atoms with Crippen molar-refractivity contribution in [2.24, 2.45) is 0 Å². The lowest BCUT2D eigenvalue weighted by Crippen LogP contribution is -2.14. The Hall–Kier alpha value is -1.90. The van der Waals surface area contributed by atoms with Crippen LogP contribution in [0, 0.1) is 18.3 Å². The molecule has 0 spiro atoms. The van der Waals surface area contributed by atoms with Gasteiger partial charge in [-0.05, 0) is 52.7 Å². The number of anilines is 1. The van der Waals surface area contributed by atoms with Crippen LogP contribution in [0.1, 0.15) is 21.6 Å². The maximum Gasteiger partial charge on any atom is 0.258 e. The number of aromatic nitrogens is 1. The van der Waals surface area contributed by atoms with E-state index in [-0.39, 0.29) is 11.6 Å². The van der Waals surface area contributed by atoms with Crippen molar-refractivity contribution in [3.05, 3.63) is 56.6 Å². The van der Waals surface area contributed by atoms with Crippen LogP contribution in [0.3, 0.4) is 0 Å². The summed E-state index contributed by atoms with van der Waals surface area (Å²) in [6, 6.07) is 10.1. The molecule has 4 nitrogen and oxygen atoms in total. The molecule has 0 unspecified atom stereocenters. The first kappa shape index (κ1) is 14.5. The number of carbonyl (C=O) groups is 1. The molecule has 1 amide bonds. The summed E-state index contributed by atoms with van der Waals surface area (Å²) in [5, 5.41) is 11.9. The maximum absolute atomic E-state index is 12.2. The summed E-state index contributed by atoms with van der Waals surface area (Å²) < 4.78 is 0.647. The van der Waals surface area contributed by atoms with Crippen molar-refractivity contribution in [2.45, 2.75) is 6.92 Å². The van der Waals surface area contributed by atoms with Gasteiger partial charge in [0.05, 0.1) is 5.56 Å². The Balaban J connectivity index is 2.28. The van der Waals surface area contributed by atoms with Crippen molar-refractivity contribution in [1.82, 2.24) is 4.98 Å². The van der Waals surface area contributed by atoms with E-state index in [0.29, 0.717) is 20.9 Å². The molecule has 0 aliphatic carbocycles. The predicted octanol–water partition coefficient (Wildman–Crippen LogP) is 3.93. The monoisotopic (exact) mass is 349 g/mol. The first-order valence-corrected chi connectivity index (χ1v) is 6.82. The molecule has 0 radical (unpaired) electrons. The molecule has 2 aromatic rings. The Morgan fingerprint density at radius 3 is 2.90 bits per heavy atom. The molecule has 2 rings (SSSR count). The fourth-order valence-electron chi connectivity index (χ4n) is 1.57. The molecule has 1 aromatic heterocycles. The lowest BCUT2D eigenvalue weighted by Gasteiger charge is -2.08. The van der Waals surface area contributed by atoms with Crippen LogP contribution in [0.4, 0.5) is 5.82 Å². The summed E-state index contributed by atoms with van der Waals surface area (Å²) in [5.74, 6) is -0.0287. The average Bonchev–Trinajstić information content (AvgIpc) is 2.43. The fourth-order valence-corrected chi connectivity index (χ4v) is 2.37. The quantitative estimate of drug-likeness (QED) is 0.892. The molecule has 0 aliphatic heterocycles. The number of aryl methyl sites for hydroxylation is 1. The Morgan fingerprint density at radius 1 is 1.45 bits per heavy atom. The molecular formula is C14H9BrClN3O. The Bertz CT molecular complexity index is 725. The van der Waals surface area contributed by atoms with E-state index < -0.39 is 0 Å². The summed E-state index contributed by atoms with van der Waals surface area (Å²) >= 11 is 9.35. The van der Waals surface area contributed by atoms with Crippen LogP contribution < -0.4 is 5.32 Å². The van der Waals surface area contributed by atoms with Gasteiger partial charge < -0.3 is 5.32 Å². The number of carbonyl (C=O) groups excluding carboxylic acids is 1. The number of halogens is 2. The Kier molecular flexibility index (Phi) is 4.38. The van der Waals surface area contributed by atoms with Gasteiger partial charge in [0.15, 0.2) is 0 Å². The summed E-state index contributed by atoms with van der Waals surface area (Å²) in [5.41, 5.74) is 1.52. The zero-order valence-corrected chi connectivity index (χ0v) is 12.8. The van der Waals surface area contributed by atoms with Gasteiger partial charge in [-0.25, -0.2) is 4.98 Å². The first-order chi connectivity index (χ1) is 9.51. The number of nitrogens with zero attached hydrogens (tertiary/aromatic N) is 2. The van der Waals surface area contributed by atoms with Crippen molar-refractivity contribution in [1.29, 1.82) is 5.26 Å². The molecule has 1 heterocycles. The van der Waals surface area contributed by atoms with Crippen molar-refractivity contribution in [2.75, 3.05) is 5.32 Å². The van der Waals surface area contributed by atoms with Crippen LogP contribution in [0.25, 0.3) is 0 Å². The van der Waals surface area contributed by atoms with Crippen molar-refractivity contribution in [3.8, 4) is 6.07 Å². The molecule has 0 bridgehead atoms. The van der Waals surface area contributed by atoms with Crippen molar-refractivity contribution in [3.63, 3.8) is 0 Å². The highest BCUT2D eigenvalue weighted by molar-refractivity contribution is 9.10. The summed E-state index contributed by atoms with van der Waals surface area (Å²) in [7, 11) is 0. The normalized spacial score (nSPS) is 9.90. The standard InChI is InChI=1S/C14H9BrClN3O/c1-8-5-11(15)10(6-12(8)16)14(20)19-13-4-2-3-9(7-17)18-13/h2-6H,1H3,(H,18,19,20). The number of pyridine rings is 1. The molecule has 1 aromatic carbocycles. The van der Waals surface area contributed by atoms with E-state index in [1.807, 2.05) is 13.0 Å². The van der Waals surface area contributed by atoms with Gasteiger partial charge in [0.25, 0.3) is 5.91 Å². The zero-order chi connectivity index (χ0) is 14.7. The number of hydrogen-bond donors (Lipinski definition) is 1. The number of nitriles is 1. The number of hydrogen-bond acceptors (Lipinski definition) is 3. The van der Waals surface area contributed by atoms with E-state index in [9.17, 15) is 4.79 Å². The number of nitrogens with one attached hydrogen (secondary N) is 1. The average molecular weight is 351 g/mol. The van der Waals surface area contributed by atoms with Gasteiger partial charge in [-0.15, -0.1) is 0 Å². The van der Waals surface area contributed by atoms with E-state index in [2.05, 4.69) is 26.2 Å². The van der Waals surface area contributed by atoms with E-state index in [4.69, 9.17) is 16.9 Å². The van der Waals surface area contributed by atoms with Gasteiger partial charge in [-0.3, -0.25) is 4.79 Å². The minimum atomic E-state index is -0.346. The SMILES string of the molecule is Cc1cc(Br)c(C(=O)Nc2cccc(C#N)n2)cc1Cl. The van der Waals surface area contributed by atoms with Crippen LogP contribution in [0.15, 0.2) is 34.8 Å². The molecule has 1 N–H and O–H groups in total. The largest absolute Gasteiger partial charge is 0.306 e. The molecule has 0 saturated carbocycles. The number of rotatable bonds is 2. The van der Waals surface area contributed by atoms with Gasteiger partial charge in [0.2, 0.25) is 0 Å². The van der Waals surface area contributed by atoms with Crippen molar-refractivity contribution < 1.29 is 4.79 Å². The second-order valence-electron chi connectivity index (χ2n) is 4.06. The third kappa shape index (κ3) is 3.16. The maximum atomic E-state index is 12.2. The van der Waals surface area contributed by atoms with Gasteiger partial charge in [-0.2, -0.15) is 5.26 Å². The molecule has 0 atom stereocenters. The second-order valence-corrected chi connectivity index (χ2v) is 5.32. The second kappa shape index (κ2) is 6.04. The van der Waals surface area contributed by atoms with Crippen LogP contribution in [0.5, 0.6) is 0 Å². The highest BCUT2D eigenvalue weighted by Gasteiger charge is 2.13. The molecule has 100 valence electrons. The van der Waals surface area contributed by atoms with E-state index >= 15 is 0 Å². The van der Waals surface area contributed by atoms with Gasteiger partial charge in [0, 0.05) is 9.50 Å². The Labute approximate surface area is 129 Å². The summed E-state index contributed by atoms with van der Waals surface area (Å²) in [6.45, 7) is 1.85. The molecule has 0 aliphatic rings. The van der Waals surface area contributed by atoms with E-state index in [1.54, 1.807) is 30.3 Å². The highest BCUT2D eigenvalue weighted by atomic mass is 79.9. The van der Waals surface area contributed by atoms with Crippen LogP contribution in [0.2, 0.25) is 5.02 Å². The van der Waals surface area contributed by atoms with Gasteiger partial charge >= 0.3 is 0 Å². The fraction of sp³-hybridized carbons (Fsp3) is 0.0714. The lowest BCUT2D eigenvalue weighted by atomic mass is 10.1. The number of benzene rings is 1. The zero-order valence-electron chi connectivity index (χ0n) is 10.4. The predicted molar refractivity (Wildman–Crippen MR) is 80.8 cm³/mol. The summed E-state index contributed by atoms with van der Waals surface area (Å²) in [4.78, 5) is 16.2. The Morgan fingerprint density at radius 2 is 2.20 bits per heavy atom. The first-order valence-electron chi connectivity index (χ1n) is 5.65. The number of amides is 1. The van der Waals surface area contributed by atoms with E-state index in [0.717, 1.165) is 5.56 Å². The van der Waals surface area contributed by atoms with Crippen molar-refractivity contribution >= 4 is 39.3 Å². The van der Waals surface area contributed by atoms with Crippen LogP contribution in [-0.2, 0) is 0 Å². The minimum Gasteiger partial charge on any atom is -0.306 e. The van der Waals surface area contributed by atoms with E-state index in [1.165, 1.54) is 0 Å². The molecular weight excluding hydrogens is 342 g/mol. The lowest BCUT2D eigenvalue weighted by molar-refractivity contribution is 0.102. The molecule has 0 fully saturated rings. The molecule has 0 saturated heterocycles. The minimum absolute atomic E-state index is 0.240. The molecule has 6 heteroatoms. The van der Waals surface area contributed by atoms with Crippen LogP contribution >= 0.6 is 27.5 Å². The third-order valence-corrected chi connectivity index (χ3v) is 3.66. The third-order valence-electron chi connectivity index (χ3n) is 2.60. The van der Waals surface area contributed by atoms with Gasteiger partial charge in [-0.1, -0.05) is 17.7 Å².